The highest BCUT2D eigenvalue weighted by molar-refractivity contribution is 6.28. The molecule has 53 heavy (non-hydrogen) atoms. The summed E-state index contributed by atoms with van der Waals surface area (Å²) in [6.07, 6.45) is 0. The first-order valence-corrected chi connectivity index (χ1v) is 18.7. The van der Waals surface area contributed by atoms with Gasteiger partial charge in [0, 0.05) is 5.41 Å². The topological polar surface area (TPSA) is 0 Å². The van der Waals surface area contributed by atoms with Crippen molar-refractivity contribution in [3.8, 4) is 44.5 Å². The Hall–Kier alpha value is -6.50. The largest absolute Gasteiger partial charge is 0.0622 e. The zero-order chi connectivity index (χ0) is 35.3. The summed E-state index contributed by atoms with van der Waals surface area (Å²) < 4.78 is 0. The second-order valence-corrected chi connectivity index (χ2v) is 15.2. The monoisotopic (exact) mass is 672 g/mol. The van der Waals surface area contributed by atoms with E-state index < -0.39 is 0 Å². The predicted molar refractivity (Wildman–Crippen MR) is 228 cm³/mol. The van der Waals surface area contributed by atoms with Gasteiger partial charge in [-0.1, -0.05) is 184 Å². The molecule has 0 radical (unpaired) electrons. The summed E-state index contributed by atoms with van der Waals surface area (Å²) in [4.78, 5) is 0. The van der Waals surface area contributed by atoms with Crippen molar-refractivity contribution in [1.29, 1.82) is 0 Å². The molecule has 0 atom stereocenters. The molecule has 0 heterocycles. The van der Waals surface area contributed by atoms with E-state index in [0.717, 1.165) is 0 Å². The summed E-state index contributed by atoms with van der Waals surface area (Å²) >= 11 is 0. The van der Waals surface area contributed by atoms with E-state index in [1.54, 1.807) is 0 Å². The Balaban J connectivity index is 1.28. The Morgan fingerprint density at radius 2 is 0.736 bits per heavy atom. The SMILES string of the molecule is CC1(C)c2ccccc2-c2c(-c3c4ccccc4c(-c4ccc5c6ccccc6c6ccccc6c5c4)c4ccc(-c5ccccc5)cc34)cccc21. The van der Waals surface area contributed by atoms with Gasteiger partial charge in [0.15, 0.2) is 0 Å². The summed E-state index contributed by atoms with van der Waals surface area (Å²) in [5.41, 5.74) is 13.0. The molecule has 0 spiro atoms. The van der Waals surface area contributed by atoms with Crippen molar-refractivity contribution in [2.45, 2.75) is 19.3 Å². The highest BCUT2D eigenvalue weighted by atomic mass is 14.4. The first kappa shape index (κ1) is 30.2. The highest BCUT2D eigenvalue weighted by Crippen LogP contribution is 2.55. The maximum Gasteiger partial charge on any atom is 0.0159 e. The fourth-order valence-electron chi connectivity index (χ4n) is 9.62. The van der Waals surface area contributed by atoms with Crippen LogP contribution in [0.4, 0.5) is 0 Å². The molecule has 0 nitrogen and oxygen atoms in total. The molecular formula is C53H36. The van der Waals surface area contributed by atoms with Crippen LogP contribution in [0.15, 0.2) is 182 Å². The molecule has 0 saturated carbocycles. The van der Waals surface area contributed by atoms with Crippen LogP contribution in [0.2, 0.25) is 0 Å². The van der Waals surface area contributed by atoms with E-state index in [0.29, 0.717) is 0 Å². The van der Waals surface area contributed by atoms with Crippen LogP contribution in [0, 0.1) is 0 Å². The first-order chi connectivity index (χ1) is 26.1. The average Bonchev–Trinajstić information content (AvgIpc) is 3.46. The van der Waals surface area contributed by atoms with Crippen LogP contribution < -0.4 is 0 Å². The zero-order valence-corrected chi connectivity index (χ0v) is 29.8. The van der Waals surface area contributed by atoms with Gasteiger partial charge in [-0.05, 0) is 122 Å². The Kier molecular flexibility index (Phi) is 6.40. The molecule has 1 aliphatic carbocycles. The van der Waals surface area contributed by atoms with Crippen LogP contribution in [0.25, 0.3) is 98.4 Å². The van der Waals surface area contributed by atoms with E-state index in [9.17, 15) is 0 Å². The van der Waals surface area contributed by atoms with Gasteiger partial charge in [-0.3, -0.25) is 0 Å². The number of hydrogen-bond donors (Lipinski definition) is 0. The van der Waals surface area contributed by atoms with Crippen molar-refractivity contribution in [2.24, 2.45) is 0 Å². The third kappa shape index (κ3) is 4.30. The first-order valence-electron chi connectivity index (χ1n) is 18.7. The fraction of sp³-hybridized carbons (Fsp3) is 0.0566. The number of hydrogen-bond acceptors (Lipinski definition) is 0. The molecule has 0 N–H and O–H groups in total. The average molecular weight is 673 g/mol. The molecule has 0 fully saturated rings. The van der Waals surface area contributed by atoms with Gasteiger partial charge in [0.05, 0.1) is 0 Å². The quantitative estimate of drug-likeness (QED) is 0.129. The summed E-state index contributed by atoms with van der Waals surface area (Å²) in [5, 5.41) is 12.9. The van der Waals surface area contributed by atoms with Gasteiger partial charge < -0.3 is 0 Å². The van der Waals surface area contributed by atoms with Crippen LogP contribution in [0.3, 0.4) is 0 Å². The molecule has 0 unspecified atom stereocenters. The summed E-state index contributed by atoms with van der Waals surface area (Å²) in [5.74, 6) is 0. The molecule has 0 bridgehead atoms. The molecule has 0 aromatic heterocycles. The second kappa shape index (κ2) is 11.2. The minimum atomic E-state index is -0.0826. The molecule has 0 heteroatoms. The van der Waals surface area contributed by atoms with Crippen LogP contribution >= 0.6 is 0 Å². The van der Waals surface area contributed by atoms with Gasteiger partial charge in [-0.25, -0.2) is 0 Å². The second-order valence-electron chi connectivity index (χ2n) is 15.2. The maximum absolute atomic E-state index is 2.45. The normalized spacial score (nSPS) is 13.2. The van der Waals surface area contributed by atoms with Gasteiger partial charge in [0.25, 0.3) is 0 Å². The molecule has 1 aliphatic rings. The lowest BCUT2D eigenvalue weighted by atomic mass is 9.80. The van der Waals surface area contributed by atoms with Gasteiger partial charge in [0.2, 0.25) is 0 Å². The third-order valence-corrected chi connectivity index (χ3v) is 12.0. The van der Waals surface area contributed by atoms with Crippen LogP contribution in [0.1, 0.15) is 25.0 Å². The lowest BCUT2D eigenvalue weighted by Gasteiger charge is -2.23. The number of fused-ring (bicyclic) bond motifs is 11. The Bertz CT molecular complexity index is 3090. The third-order valence-electron chi connectivity index (χ3n) is 12.0. The van der Waals surface area contributed by atoms with Crippen molar-refractivity contribution < 1.29 is 0 Å². The summed E-state index contributed by atoms with van der Waals surface area (Å²) in [6, 6.07) is 68.0. The van der Waals surface area contributed by atoms with Crippen LogP contribution in [-0.2, 0) is 5.41 Å². The highest BCUT2D eigenvalue weighted by Gasteiger charge is 2.37. The summed E-state index contributed by atoms with van der Waals surface area (Å²) in [7, 11) is 0. The Morgan fingerprint density at radius 3 is 1.45 bits per heavy atom. The molecule has 248 valence electrons. The standard InChI is InChI=1S/C53H36/c1-53(2)48-25-13-12-23-44(48)52-45(24-14-26-49(52)53)51-42-22-11-10-21-41(42)50(43-30-27-34(31-47(43)51)33-15-4-3-5-16-33)35-28-29-40-38-19-7-6-17-36(38)37-18-8-9-20-39(37)46(40)32-35/h3-32H,1-2H3. The molecule has 11 rings (SSSR count). The minimum absolute atomic E-state index is 0.0826. The van der Waals surface area contributed by atoms with Crippen molar-refractivity contribution in [1.82, 2.24) is 0 Å². The Labute approximate surface area is 309 Å². The van der Waals surface area contributed by atoms with Crippen molar-refractivity contribution in [2.75, 3.05) is 0 Å². The van der Waals surface area contributed by atoms with Crippen LogP contribution in [-0.4, -0.2) is 0 Å². The lowest BCUT2D eigenvalue weighted by molar-refractivity contribution is 0.660. The van der Waals surface area contributed by atoms with Gasteiger partial charge >= 0.3 is 0 Å². The van der Waals surface area contributed by atoms with Crippen LogP contribution in [0.5, 0.6) is 0 Å². The number of benzene rings is 10. The molecule has 10 aromatic rings. The van der Waals surface area contributed by atoms with E-state index in [2.05, 4.69) is 196 Å². The van der Waals surface area contributed by atoms with E-state index in [4.69, 9.17) is 0 Å². The molecule has 0 aliphatic heterocycles. The molecular weight excluding hydrogens is 637 g/mol. The smallest absolute Gasteiger partial charge is 0.0159 e. The van der Waals surface area contributed by atoms with Crippen molar-refractivity contribution in [3.05, 3.63) is 193 Å². The molecule has 10 aromatic carbocycles. The predicted octanol–water partition coefficient (Wildman–Crippen LogP) is 14.8. The lowest BCUT2D eigenvalue weighted by Crippen LogP contribution is -2.14. The maximum atomic E-state index is 2.45. The Morgan fingerprint density at radius 1 is 0.264 bits per heavy atom. The number of rotatable bonds is 3. The van der Waals surface area contributed by atoms with Gasteiger partial charge in [0.1, 0.15) is 0 Å². The van der Waals surface area contributed by atoms with Gasteiger partial charge in [-0.2, -0.15) is 0 Å². The van der Waals surface area contributed by atoms with Crippen molar-refractivity contribution >= 4 is 53.9 Å². The summed E-state index contributed by atoms with van der Waals surface area (Å²) in [6.45, 7) is 4.75. The van der Waals surface area contributed by atoms with E-state index in [-0.39, 0.29) is 5.41 Å². The van der Waals surface area contributed by atoms with E-state index >= 15 is 0 Å². The minimum Gasteiger partial charge on any atom is -0.0622 e. The zero-order valence-electron chi connectivity index (χ0n) is 29.8. The van der Waals surface area contributed by atoms with Gasteiger partial charge in [-0.15, -0.1) is 0 Å². The molecule has 0 amide bonds. The van der Waals surface area contributed by atoms with E-state index in [1.807, 2.05) is 0 Å². The fourth-order valence-corrected chi connectivity index (χ4v) is 9.62. The molecule has 0 saturated heterocycles. The van der Waals surface area contributed by atoms with Crippen molar-refractivity contribution in [3.63, 3.8) is 0 Å². The van der Waals surface area contributed by atoms with E-state index in [1.165, 1.54) is 109 Å².